The molecule has 0 saturated carbocycles. The second-order valence-electron chi connectivity index (χ2n) is 18.3. The zero-order chi connectivity index (χ0) is 43.2. The van der Waals surface area contributed by atoms with Gasteiger partial charge in [-0.25, -0.2) is 9.97 Å². The van der Waals surface area contributed by atoms with E-state index in [0.29, 0.717) is 5.82 Å². The number of fused-ring (bicyclic) bond motifs is 7. The van der Waals surface area contributed by atoms with Crippen LogP contribution < -0.4 is 0 Å². The molecule has 0 saturated heterocycles. The molecule has 0 unspecified atom stereocenters. The van der Waals surface area contributed by atoms with Gasteiger partial charge in [-0.15, -0.1) is 0 Å². The fraction of sp³-hybridized carbons (Fsp3) is 0.100. The Balaban J connectivity index is 1.11. The smallest absolute Gasteiger partial charge is 0.160 e. The van der Waals surface area contributed by atoms with Crippen molar-refractivity contribution >= 4 is 10.9 Å². The molecule has 10 aromatic rings. The third-order valence-electron chi connectivity index (χ3n) is 13.9. The second kappa shape index (κ2) is 14.4. The van der Waals surface area contributed by atoms with E-state index in [1.54, 1.807) is 6.20 Å². The summed E-state index contributed by atoms with van der Waals surface area (Å²) in [6.07, 6.45) is 5.54. The first-order valence-electron chi connectivity index (χ1n) is 22.1. The summed E-state index contributed by atoms with van der Waals surface area (Å²) in [7, 11) is 0. The average molecular weight is 821 g/mol. The molecule has 0 amide bonds. The Morgan fingerprint density at radius 1 is 0.359 bits per heavy atom. The molecule has 304 valence electrons. The van der Waals surface area contributed by atoms with Gasteiger partial charge in [0.15, 0.2) is 5.82 Å². The molecule has 4 heteroatoms. The molecule has 12 rings (SSSR count). The lowest BCUT2D eigenvalue weighted by Crippen LogP contribution is -2.15. The van der Waals surface area contributed by atoms with E-state index in [0.717, 1.165) is 66.8 Å². The number of rotatable bonds is 6. The Morgan fingerprint density at radius 2 is 0.938 bits per heavy atom. The second-order valence-corrected chi connectivity index (χ2v) is 18.3. The van der Waals surface area contributed by atoms with E-state index in [1.807, 2.05) is 36.7 Å². The van der Waals surface area contributed by atoms with E-state index in [9.17, 15) is 0 Å². The van der Waals surface area contributed by atoms with Crippen molar-refractivity contribution in [1.29, 1.82) is 0 Å². The van der Waals surface area contributed by atoms with E-state index in [1.165, 1.54) is 50.1 Å². The third kappa shape index (κ3) is 5.97. The maximum atomic E-state index is 5.55. The highest BCUT2D eigenvalue weighted by Crippen LogP contribution is 2.52. The van der Waals surface area contributed by atoms with Crippen LogP contribution in [-0.2, 0) is 10.8 Å². The van der Waals surface area contributed by atoms with Crippen molar-refractivity contribution < 1.29 is 0 Å². The van der Waals surface area contributed by atoms with Crippen molar-refractivity contribution in [2.24, 2.45) is 0 Å². The molecule has 0 atom stereocenters. The Bertz CT molecular complexity index is 3460. The van der Waals surface area contributed by atoms with Crippen molar-refractivity contribution in [2.45, 2.75) is 38.5 Å². The van der Waals surface area contributed by atoms with Crippen molar-refractivity contribution in [3.05, 3.63) is 217 Å². The lowest BCUT2D eigenvalue weighted by Gasteiger charge is -2.23. The van der Waals surface area contributed by atoms with Crippen LogP contribution in [0.4, 0.5) is 0 Å². The average Bonchev–Trinajstić information content (AvgIpc) is 3.72. The van der Waals surface area contributed by atoms with Crippen molar-refractivity contribution in [1.82, 2.24) is 19.9 Å². The van der Waals surface area contributed by atoms with Crippen molar-refractivity contribution in [2.75, 3.05) is 0 Å². The summed E-state index contributed by atoms with van der Waals surface area (Å²) in [4.78, 5) is 20.0. The molecule has 0 N–H and O–H groups in total. The van der Waals surface area contributed by atoms with E-state index >= 15 is 0 Å². The molecule has 2 aliphatic rings. The maximum Gasteiger partial charge on any atom is 0.160 e. The number of nitrogens with zero attached hydrogens (tertiary/aromatic N) is 4. The molecule has 64 heavy (non-hydrogen) atoms. The van der Waals surface area contributed by atoms with E-state index in [2.05, 4.69) is 189 Å². The minimum atomic E-state index is -0.160. The molecular weight excluding hydrogens is 777 g/mol. The quantitative estimate of drug-likeness (QED) is 0.168. The van der Waals surface area contributed by atoms with Gasteiger partial charge in [0.1, 0.15) is 0 Å². The van der Waals surface area contributed by atoms with Gasteiger partial charge < -0.3 is 0 Å². The molecule has 0 bridgehead atoms. The molecule has 3 aromatic heterocycles. The number of pyridine rings is 2. The zero-order valence-corrected chi connectivity index (χ0v) is 36.3. The van der Waals surface area contributed by atoms with Crippen LogP contribution in [0.1, 0.15) is 49.9 Å². The molecule has 0 spiro atoms. The lowest BCUT2D eigenvalue weighted by molar-refractivity contribution is 0.660. The van der Waals surface area contributed by atoms with Gasteiger partial charge in [-0.2, -0.15) is 0 Å². The van der Waals surface area contributed by atoms with Crippen LogP contribution in [-0.4, -0.2) is 19.9 Å². The predicted octanol–water partition coefficient (Wildman–Crippen LogP) is 15.0. The van der Waals surface area contributed by atoms with Crippen LogP contribution in [0.5, 0.6) is 0 Å². The van der Waals surface area contributed by atoms with Gasteiger partial charge in [-0.1, -0.05) is 161 Å². The fourth-order valence-corrected chi connectivity index (χ4v) is 10.4. The highest BCUT2D eigenvalue weighted by Gasteiger charge is 2.37. The Labute approximate surface area is 374 Å². The Kier molecular flexibility index (Phi) is 8.51. The summed E-state index contributed by atoms with van der Waals surface area (Å²) >= 11 is 0. The summed E-state index contributed by atoms with van der Waals surface area (Å²) in [5, 5.41) is 1.000. The van der Waals surface area contributed by atoms with Crippen LogP contribution in [0.15, 0.2) is 195 Å². The summed E-state index contributed by atoms with van der Waals surface area (Å²) in [6, 6.07) is 63.7. The molecule has 7 aromatic carbocycles. The lowest BCUT2D eigenvalue weighted by atomic mass is 9.81. The summed E-state index contributed by atoms with van der Waals surface area (Å²) in [5.74, 6) is 0.675. The van der Waals surface area contributed by atoms with E-state index in [-0.39, 0.29) is 10.8 Å². The monoisotopic (exact) mass is 820 g/mol. The van der Waals surface area contributed by atoms with Gasteiger partial charge in [0.25, 0.3) is 0 Å². The van der Waals surface area contributed by atoms with Gasteiger partial charge in [0.05, 0.1) is 16.9 Å². The van der Waals surface area contributed by atoms with E-state index in [4.69, 9.17) is 9.97 Å². The standard InChI is InChI=1S/C60H44N4/c1-59(2)51-15-7-5-13-45(51)47-28-26-41(34-53(47)59)44-32-49(42-27-29-48-46-14-6-8-16-52(46)60(3,4)54(48)35-42)57-50(33-44)56(39-22-20-38(21-23-39)55-17-9-10-31-62-55)63-58(64-57)40-24-18-37(19-25-40)43-12-11-30-61-36-43/h5-36H,1-4H3. The van der Waals surface area contributed by atoms with Gasteiger partial charge in [0.2, 0.25) is 0 Å². The number of hydrogen-bond donors (Lipinski definition) is 0. The van der Waals surface area contributed by atoms with Crippen molar-refractivity contribution in [3.63, 3.8) is 0 Å². The SMILES string of the molecule is CC1(C)c2ccccc2-c2ccc(-c3cc(-c4ccc5c(c4)C(C)(C)c4ccccc4-5)c4nc(-c5ccc(-c6cccnc6)cc5)nc(-c5ccc(-c6ccccn6)cc5)c4c3)cc21. The normalized spacial score (nSPS) is 13.9. The highest BCUT2D eigenvalue weighted by atomic mass is 14.9. The zero-order valence-electron chi connectivity index (χ0n) is 36.3. The Hall–Kier alpha value is -7.82. The molecule has 0 fully saturated rings. The molecule has 2 aliphatic carbocycles. The molecular formula is C60H44N4. The van der Waals surface area contributed by atoms with Crippen LogP contribution in [0, 0.1) is 0 Å². The fourth-order valence-electron chi connectivity index (χ4n) is 10.4. The largest absolute Gasteiger partial charge is 0.264 e. The van der Waals surface area contributed by atoms with Crippen LogP contribution >= 0.6 is 0 Å². The van der Waals surface area contributed by atoms with Gasteiger partial charge in [0, 0.05) is 57.1 Å². The molecule has 4 nitrogen and oxygen atoms in total. The number of hydrogen-bond acceptors (Lipinski definition) is 4. The number of benzene rings is 7. The Morgan fingerprint density at radius 3 is 1.59 bits per heavy atom. The minimum Gasteiger partial charge on any atom is -0.264 e. The van der Waals surface area contributed by atoms with Gasteiger partial charge in [-0.3, -0.25) is 9.97 Å². The van der Waals surface area contributed by atoms with E-state index < -0.39 is 0 Å². The first-order valence-corrected chi connectivity index (χ1v) is 22.1. The van der Waals surface area contributed by atoms with Crippen LogP contribution in [0.3, 0.4) is 0 Å². The first-order chi connectivity index (χ1) is 31.2. The topological polar surface area (TPSA) is 51.6 Å². The summed E-state index contributed by atoms with van der Waals surface area (Å²) < 4.78 is 0. The van der Waals surface area contributed by atoms with Crippen LogP contribution in [0.25, 0.3) is 100 Å². The van der Waals surface area contributed by atoms with Crippen LogP contribution in [0.2, 0.25) is 0 Å². The minimum absolute atomic E-state index is 0.132. The summed E-state index contributed by atoms with van der Waals surface area (Å²) in [6.45, 7) is 9.40. The van der Waals surface area contributed by atoms with Crippen molar-refractivity contribution in [3.8, 4) is 89.5 Å². The number of aromatic nitrogens is 4. The molecule has 3 heterocycles. The van der Waals surface area contributed by atoms with Gasteiger partial charge >= 0.3 is 0 Å². The molecule has 0 radical (unpaired) electrons. The predicted molar refractivity (Wildman–Crippen MR) is 263 cm³/mol. The first kappa shape index (κ1) is 37.9. The van der Waals surface area contributed by atoms with Gasteiger partial charge in [-0.05, 0) is 115 Å². The highest BCUT2D eigenvalue weighted by molar-refractivity contribution is 6.05. The molecule has 0 aliphatic heterocycles. The summed E-state index contributed by atoms with van der Waals surface area (Å²) in [5.41, 5.74) is 22.8. The third-order valence-corrected chi connectivity index (χ3v) is 13.9. The maximum absolute atomic E-state index is 5.55.